The van der Waals surface area contributed by atoms with E-state index in [0.717, 1.165) is 38.5 Å². The van der Waals surface area contributed by atoms with E-state index in [-0.39, 0.29) is 23.7 Å². The summed E-state index contributed by atoms with van der Waals surface area (Å²) in [6, 6.07) is 0. The molecule has 0 aromatic carbocycles. The number of alkyl halides is 1. The maximum absolute atomic E-state index is 13.3. The molecule has 1 heterocycles. The van der Waals surface area contributed by atoms with Gasteiger partial charge in [0.15, 0.2) is 12.1 Å². The third-order valence-electron chi connectivity index (χ3n) is 8.92. The van der Waals surface area contributed by atoms with E-state index >= 15 is 0 Å². The lowest BCUT2D eigenvalue weighted by Gasteiger charge is -2.54. The zero-order chi connectivity index (χ0) is 20.2. The molecule has 4 aliphatic carbocycles. The molecule has 5 rings (SSSR count). The van der Waals surface area contributed by atoms with Crippen molar-refractivity contribution in [2.45, 2.75) is 70.4 Å². The number of aliphatic hydroxyl groups is 1. The van der Waals surface area contributed by atoms with E-state index in [1.165, 1.54) is 16.7 Å². The predicted molar refractivity (Wildman–Crippen MR) is 104 cm³/mol. The number of nitrogens with zero attached hydrogens (tertiary/aromatic N) is 4. The van der Waals surface area contributed by atoms with E-state index < -0.39 is 12.3 Å². The van der Waals surface area contributed by atoms with Gasteiger partial charge in [-0.25, -0.2) is 4.39 Å². The number of hydrogen-bond acceptors (Lipinski definition) is 5. The normalized spacial score (nSPS) is 43.8. The van der Waals surface area contributed by atoms with Crippen LogP contribution in [0.2, 0.25) is 0 Å². The molecule has 0 radical (unpaired) electrons. The van der Waals surface area contributed by atoms with Crippen LogP contribution < -0.4 is 0 Å². The van der Waals surface area contributed by atoms with Gasteiger partial charge in [0.05, 0.1) is 5.60 Å². The molecule has 7 unspecified atom stereocenters. The van der Waals surface area contributed by atoms with Crippen molar-refractivity contribution in [3.63, 3.8) is 0 Å². The van der Waals surface area contributed by atoms with Gasteiger partial charge in [-0.05, 0) is 85.7 Å². The van der Waals surface area contributed by atoms with Gasteiger partial charge in [-0.15, -0.1) is 10.2 Å². The van der Waals surface area contributed by atoms with E-state index in [4.69, 9.17) is 0 Å². The minimum absolute atomic E-state index is 0.0541. The van der Waals surface area contributed by atoms with Gasteiger partial charge in [0.1, 0.15) is 13.2 Å². The van der Waals surface area contributed by atoms with Crippen molar-refractivity contribution in [1.29, 1.82) is 0 Å². The minimum atomic E-state index is -1.14. The topological polar surface area (TPSA) is 80.9 Å². The standard InChI is InChI=1S/C22H31FN4O2/c1-21-8-6-16-15-7-9-22(29,12-23)10-14(15)2-3-17(16)18(21)4-5-19(21)20(28)11-27-25-13-24-26-27/h2,13,15-19,29H,3-12H2,1H3. The Labute approximate surface area is 170 Å². The highest BCUT2D eigenvalue weighted by atomic mass is 19.1. The van der Waals surface area contributed by atoms with Crippen LogP contribution in [-0.4, -0.2) is 43.4 Å². The van der Waals surface area contributed by atoms with Crippen molar-refractivity contribution < 1.29 is 14.3 Å². The third-order valence-corrected chi connectivity index (χ3v) is 8.92. The molecule has 0 amide bonds. The summed E-state index contributed by atoms with van der Waals surface area (Å²) in [5, 5.41) is 22.0. The van der Waals surface area contributed by atoms with Crippen molar-refractivity contribution in [2.24, 2.45) is 35.0 Å². The second-order valence-corrected chi connectivity index (χ2v) is 10.2. The fourth-order valence-electron chi connectivity index (χ4n) is 7.52. The number of aromatic nitrogens is 4. The van der Waals surface area contributed by atoms with Crippen LogP contribution in [0, 0.1) is 35.0 Å². The van der Waals surface area contributed by atoms with Gasteiger partial charge in [-0.1, -0.05) is 18.6 Å². The van der Waals surface area contributed by atoms with Crippen LogP contribution in [0.25, 0.3) is 0 Å². The highest BCUT2D eigenvalue weighted by molar-refractivity contribution is 5.81. The Morgan fingerprint density at radius 3 is 2.90 bits per heavy atom. The van der Waals surface area contributed by atoms with Crippen LogP contribution in [0.5, 0.6) is 0 Å². The SMILES string of the molecule is CC12CCC3C4CCC(O)(CF)CC4=CCC3C1CCC2C(=O)Cn1ncnn1. The number of halogens is 1. The van der Waals surface area contributed by atoms with Crippen LogP contribution in [0.15, 0.2) is 18.0 Å². The fourth-order valence-corrected chi connectivity index (χ4v) is 7.52. The second kappa shape index (κ2) is 6.96. The number of ketones is 1. The van der Waals surface area contributed by atoms with E-state index in [2.05, 4.69) is 28.4 Å². The van der Waals surface area contributed by atoms with Crippen LogP contribution in [0.4, 0.5) is 4.39 Å². The Morgan fingerprint density at radius 1 is 1.28 bits per heavy atom. The van der Waals surface area contributed by atoms with E-state index in [9.17, 15) is 14.3 Å². The summed E-state index contributed by atoms with van der Waals surface area (Å²) >= 11 is 0. The summed E-state index contributed by atoms with van der Waals surface area (Å²) in [7, 11) is 0. The van der Waals surface area contributed by atoms with E-state index in [1.807, 2.05) is 0 Å². The van der Waals surface area contributed by atoms with Gasteiger partial charge in [0.25, 0.3) is 0 Å². The molecule has 0 aliphatic heterocycles. The van der Waals surface area contributed by atoms with E-state index in [1.54, 1.807) is 0 Å². The number of fused-ring (bicyclic) bond motifs is 5. The Kier molecular flexibility index (Phi) is 4.64. The van der Waals surface area contributed by atoms with Crippen molar-refractivity contribution in [1.82, 2.24) is 20.2 Å². The molecule has 0 spiro atoms. The number of Topliss-reactive ketones (excluding diaryl/α,β-unsaturated/α-hetero) is 1. The Balaban J connectivity index is 1.34. The summed E-state index contributed by atoms with van der Waals surface area (Å²) in [4.78, 5) is 14.5. The Hall–Kier alpha value is -1.63. The average molecular weight is 403 g/mol. The molecular formula is C22H31FN4O2. The first-order valence-electron chi connectivity index (χ1n) is 11.1. The van der Waals surface area contributed by atoms with Crippen LogP contribution >= 0.6 is 0 Å². The molecule has 3 fully saturated rings. The number of carbonyl (C=O) groups excluding carboxylic acids is 1. The Bertz CT molecular complexity index is 812. The lowest BCUT2D eigenvalue weighted by atomic mass is 9.51. The molecule has 7 atom stereocenters. The molecule has 0 saturated heterocycles. The molecule has 0 bridgehead atoms. The van der Waals surface area contributed by atoms with Crippen molar-refractivity contribution in [2.75, 3.05) is 6.67 Å². The summed E-state index contributed by atoms with van der Waals surface area (Å²) < 4.78 is 13.3. The summed E-state index contributed by atoms with van der Waals surface area (Å²) in [5.41, 5.74) is 0.209. The zero-order valence-electron chi connectivity index (χ0n) is 17.1. The van der Waals surface area contributed by atoms with Gasteiger partial charge < -0.3 is 5.11 Å². The summed E-state index contributed by atoms with van der Waals surface area (Å²) in [6.45, 7) is 1.91. The quantitative estimate of drug-likeness (QED) is 0.783. The van der Waals surface area contributed by atoms with Crippen LogP contribution in [-0.2, 0) is 11.3 Å². The number of tetrazole rings is 1. The largest absolute Gasteiger partial charge is 0.387 e. The fraction of sp³-hybridized carbons (Fsp3) is 0.818. The van der Waals surface area contributed by atoms with Gasteiger partial charge in [-0.2, -0.15) is 4.80 Å². The first-order chi connectivity index (χ1) is 13.9. The average Bonchev–Trinajstić information content (AvgIpc) is 3.34. The molecule has 1 aromatic heterocycles. The molecule has 4 aliphatic rings. The zero-order valence-corrected chi connectivity index (χ0v) is 17.1. The highest BCUT2D eigenvalue weighted by Crippen LogP contribution is 2.63. The number of carbonyl (C=O) groups is 1. The molecule has 158 valence electrons. The Morgan fingerprint density at radius 2 is 2.14 bits per heavy atom. The minimum Gasteiger partial charge on any atom is -0.387 e. The van der Waals surface area contributed by atoms with Gasteiger partial charge in [0.2, 0.25) is 0 Å². The molecule has 6 nitrogen and oxygen atoms in total. The van der Waals surface area contributed by atoms with Crippen molar-refractivity contribution in [3.8, 4) is 0 Å². The lowest BCUT2D eigenvalue weighted by Crippen LogP contribution is -2.49. The number of rotatable bonds is 4. The molecule has 1 N–H and O–H groups in total. The monoisotopic (exact) mass is 402 g/mol. The van der Waals surface area contributed by atoms with Crippen molar-refractivity contribution in [3.05, 3.63) is 18.0 Å². The second-order valence-electron chi connectivity index (χ2n) is 10.2. The van der Waals surface area contributed by atoms with E-state index in [0.29, 0.717) is 36.5 Å². The van der Waals surface area contributed by atoms with Crippen molar-refractivity contribution >= 4 is 5.78 Å². The van der Waals surface area contributed by atoms with Crippen LogP contribution in [0.3, 0.4) is 0 Å². The molecule has 1 aromatic rings. The first-order valence-corrected chi connectivity index (χ1v) is 11.1. The molecular weight excluding hydrogens is 371 g/mol. The molecule has 3 saturated carbocycles. The lowest BCUT2D eigenvalue weighted by molar-refractivity contribution is -0.130. The highest BCUT2D eigenvalue weighted by Gasteiger charge is 2.57. The molecule has 7 heteroatoms. The van der Waals surface area contributed by atoms with Gasteiger partial charge >= 0.3 is 0 Å². The predicted octanol–water partition coefficient (Wildman–Crippen LogP) is 3.13. The third kappa shape index (κ3) is 3.07. The number of hydrogen-bond donors (Lipinski definition) is 1. The maximum atomic E-state index is 13.3. The maximum Gasteiger partial charge on any atom is 0.162 e. The van der Waals surface area contributed by atoms with Gasteiger partial charge in [-0.3, -0.25) is 4.79 Å². The smallest absolute Gasteiger partial charge is 0.162 e. The first kappa shape index (κ1) is 19.3. The van der Waals surface area contributed by atoms with Crippen LogP contribution in [0.1, 0.15) is 58.3 Å². The summed E-state index contributed by atoms with van der Waals surface area (Å²) in [6.07, 6.45) is 11.0. The summed E-state index contributed by atoms with van der Waals surface area (Å²) in [5.74, 6) is 2.62. The molecule has 29 heavy (non-hydrogen) atoms. The number of allylic oxidation sites excluding steroid dienone is 1. The van der Waals surface area contributed by atoms with Gasteiger partial charge in [0, 0.05) is 5.92 Å².